The average molecular weight is 338 g/mol. The van der Waals surface area contributed by atoms with Crippen molar-refractivity contribution in [1.82, 2.24) is 14.5 Å². The van der Waals surface area contributed by atoms with Gasteiger partial charge in [0.1, 0.15) is 6.26 Å². The van der Waals surface area contributed by atoms with Gasteiger partial charge in [0.25, 0.3) is 5.56 Å². The molecule has 5 nitrogen and oxygen atoms in total. The summed E-state index contributed by atoms with van der Waals surface area (Å²) in [6.45, 7) is 0.282. The van der Waals surface area contributed by atoms with E-state index in [0.717, 1.165) is 5.56 Å². The Bertz CT molecular complexity index is 1070. The maximum absolute atomic E-state index is 12.6. The number of aromatic nitrogens is 3. The largest absolute Gasteiger partial charge is 0.444 e. The zero-order valence-corrected chi connectivity index (χ0v) is 13.3. The molecule has 0 unspecified atom stereocenters. The number of hydrogen-bond donors (Lipinski definition) is 0. The minimum absolute atomic E-state index is 0.160. The van der Waals surface area contributed by atoms with Crippen molar-refractivity contribution in [3.05, 3.63) is 82.2 Å². The summed E-state index contributed by atoms with van der Waals surface area (Å²) in [4.78, 5) is 21.3. The summed E-state index contributed by atoms with van der Waals surface area (Å²) < 4.78 is 6.99. The van der Waals surface area contributed by atoms with Crippen molar-refractivity contribution in [3.63, 3.8) is 0 Å². The molecule has 4 aromatic rings. The van der Waals surface area contributed by atoms with Crippen LogP contribution in [0.2, 0.25) is 5.02 Å². The summed E-state index contributed by atoms with van der Waals surface area (Å²) in [5.74, 6) is 0.524. The predicted molar refractivity (Wildman–Crippen MR) is 92.1 cm³/mol. The number of oxazole rings is 1. The second-order valence-electron chi connectivity index (χ2n) is 5.35. The Morgan fingerprint density at radius 2 is 1.96 bits per heavy atom. The Hall–Kier alpha value is -2.92. The minimum Gasteiger partial charge on any atom is -0.444 e. The van der Waals surface area contributed by atoms with Crippen molar-refractivity contribution in [1.29, 1.82) is 0 Å². The van der Waals surface area contributed by atoms with Crippen LogP contribution in [0, 0.1) is 0 Å². The van der Waals surface area contributed by atoms with Crippen LogP contribution in [0.4, 0.5) is 0 Å². The molecule has 6 heteroatoms. The summed E-state index contributed by atoms with van der Waals surface area (Å²) in [5.41, 5.74) is 2.00. The fourth-order valence-electron chi connectivity index (χ4n) is 2.51. The van der Waals surface area contributed by atoms with Crippen LogP contribution in [-0.2, 0) is 6.54 Å². The van der Waals surface area contributed by atoms with E-state index in [2.05, 4.69) is 9.97 Å². The molecule has 0 amide bonds. The van der Waals surface area contributed by atoms with Crippen LogP contribution in [0.1, 0.15) is 5.69 Å². The molecule has 0 spiro atoms. The van der Waals surface area contributed by atoms with Crippen molar-refractivity contribution in [2.75, 3.05) is 0 Å². The van der Waals surface area contributed by atoms with E-state index in [-0.39, 0.29) is 12.1 Å². The maximum Gasteiger partial charge on any atom is 0.261 e. The first-order valence-electron chi connectivity index (χ1n) is 7.35. The molecular weight excluding hydrogens is 326 g/mol. The third-order valence-corrected chi connectivity index (χ3v) is 3.93. The van der Waals surface area contributed by atoms with Gasteiger partial charge in [0.2, 0.25) is 5.89 Å². The van der Waals surface area contributed by atoms with Crippen molar-refractivity contribution in [2.45, 2.75) is 6.54 Å². The molecule has 118 valence electrons. The molecule has 2 aromatic heterocycles. The first kappa shape index (κ1) is 14.7. The molecule has 0 saturated heterocycles. The van der Waals surface area contributed by atoms with E-state index in [1.54, 1.807) is 24.5 Å². The van der Waals surface area contributed by atoms with Crippen LogP contribution < -0.4 is 5.56 Å². The van der Waals surface area contributed by atoms with Gasteiger partial charge in [-0.05, 0) is 30.3 Å². The Morgan fingerprint density at radius 3 is 2.79 bits per heavy atom. The first-order valence-corrected chi connectivity index (χ1v) is 7.73. The molecule has 0 N–H and O–H groups in total. The Balaban J connectivity index is 1.69. The van der Waals surface area contributed by atoms with Gasteiger partial charge in [-0.1, -0.05) is 29.8 Å². The van der Waals surface area contributed by atoms with Gasteiger partial charge in [-0.15, -0.1) is 0 Å². The SMILES string of the molecule is O=c1c2cc(Cl)ccc2ncn1Cc1coc(-c2ccccc2)n1. The van der Waals surface area contributed by atoms with Crippen molar-refractivity contribution < 1.29 is 4.42 Å². The van der Waals surface area contributed by atoms with Gasteiger partial charge >= 0.3 is 0 Å². The third-order valence-electron chi connectivity index (χ3n) is 3.69. The summed E-state index contributed by atoms with van der Waals surface area (Å²) in [5, 5.41) is 0.990. The monoisotopic (exact) mass is 337 g/mol. The van der Waals surface area contributed by atoms with Gasteiger partial charge in [-0.25, -0.2) is 9.97 Å². The molecular formula is C18H12ClN3O2. The third kappa shape index (κ3) is 2.70. The molecule has 2 heterocycles. The molecule has 2 aromatic carbocycles. The molecule has 0 aliphatic heterocycles. The zero-order valence-electron chi connectivity index (χ0n) is 12.5. The minimum atomic E-state index is -0.160. The zero-order chi connectivity index (χ0) is 16.5. The summed E-state index contributed by atoms with van der Waals surface area (Å²) in [6.07, 6.45) is 3.06. The van der Waals surface area contributed by atoms with E-state index in [1.165, 1.54) is 10.9 Å². The van der Waals surface area contributed by atoms with Crippen molar-refractivity contribution in [3.8, 4) is 11.5 Å². The molecule has 0 atom stereocenters. The lowest BCUT2D eigenvalue weighted by Crippen LogP contribution is -2.21. The highest BCUT2D eigenvalue weighted by Gasteiger charge is 2.09. The Labute approximate surface area is 142 Å². The van der Waals surface area contributed by atoms with Crippen molar-refractivity contribution in [2.24, 2.45) is 0 Å². The highest BCUT2D eigenvalue weighted by molar-refractivity contribution is 6.31. The fourth-order valence-corrected chi connectivity index (χ4v) is 2.68. The van der Waals surface area contributed by atoms with Crippen LogP contribution in [0.25, 0.3) is 22.4 Å². The number of fused-ring (bicyclic) bond motifs is 1. The molecule has 24 heavy (non-hydrogen) atoms. The van der Waals surface area contributed by atoms with Crippen LogP contribution >= 0.6 is 11.6 Å². The van der Waals surface area contributed by atoms with Gasteiger partial charge in [0.15, 0.2) is 0 Å². The number of hydrogen-bond acceptors (Lipinski definition) is 4. The fraction of sp³-hybridized carbons (Fsp3) is 0.0556. The lowest BCUT2D eigenvalue weighted by atomic mass is 10.2. The Kier molecular flexibility index (Phi) is 3.63. The molecule has 0 aliphatic rings. The van der Waals surface area contributed by atoms with Gasteiger partial charge in [-0.2, -0.15) is 0 Å². The molecule has 0 fully saturated rings. The Morgan fingerprint density at radius 1 is 1.12 bits per heavy atom. The molecule has 0 radical (unpaired) electrons. The summed E-state index contributed by atoms with van der Waals surface area (Å²) in [6, 6.07) is 14.7. The second-order valence-corrected chi connectivity index (χ2v) is 5.79. The normalized spacial score (nSPS) is 11.0. The lowest BCUT2D eigenvalue weighted by molar-refractivity contribution is 0.571. The standard InChI is InChI=1S/C18H12ClN3O2/c19-13-6-7-16-15(8-13)18(23)22(11-20-16)9-14-10-24-17(21-14)12-4-2-1-3-5-12/h1-8,10-11H,9H2. The number of benzene rings is 2. The van der Waals surface area contributed by atoms with E-state index >= 15 is 0 Å². The van der Waals surface area contributed by atoms with Gasteiger partial charge in [0, 0.05) is 10.6 Å². The smallest absolute Gasteiger partial charge is 0.261 e. The van der Waals surface area contributed by atoms with Gasteiger partial charge in [-0.3, -0.25) is 9.36 Å². The van der Waals surface area contributed by atoms with Gasteiger partial charge in [0.05, 0.1) is 29.5 Å². The van der Waals surface area contributed by atoms with Crippen LogP contribution in [0.5, 0.6) is 0 Å². The molecule has 0 bridgehead atoms. The number of rotatable bonds is 3. The molecule has 0 saturated carbocycles. The second kappa shape index (κ2) is 5.94. The first-order chi connectivity index (χ1) is 11.7. The predicted octanol–water partition coefficient (Wildman–Crippen LogP) is 3.75. The van der Waals surface area contributed by atoms with Crippen molar-refractivity contribution >= 4 is 22.5 Å². The molecule has 0 aliphatic carbocycles. The maximum atomic E-state index is 12.6. The van der Waals surface area contributed by atoms with E-state index in [9.17, 15) is 4.79 Å². The highest BCUT2D eigenvalue weighted by Crippen LogP contribution is 2.18. The highest BCUT2D eigenvalue weighted by atomic mass is 35.5. The lowest BCUT2D eigenvalue weighted by Gasteiger charge is -2.04. The van der Waals surface area contributed by atoms with E-state index in [1.807, 2.05) is 30.3 Å². The quantitative estimate of drug-likeness (QED) is 0.571. The van der Waals surface area contributed by atoms with E-state index in [4.69, 9.17) is 16.0 Å². The average Bonchev–Trinajstić information content (AvgIpc) is 3.07. The van der Waals surface area contributed by atoms with Crippen LogP contribution in [0.3, 0.4) is 0 Å². The van der Waals surface area contributed by atoms with Crippen LogP contribution in [0.15, 0.2) is 70.3 Å². The van der Waals surface area contributed by atoms with E-state index < -0.39 is 0 Å². The van der Waals surface area contributed by atoms with Crippen LogP contribution in [-0.4, -0.2) is 14.5 Å². The number of nitrogens with zero attached hydrogens (tertiary/aromatic N) is 3. The molecule has 4 rings (SSSR count). The van der Waals surface area contributed by atoms with Gasteiger partial charge < -0.3 is 4.42 Å². The summed E-state index contributed by atoms with van der Waals surface area (Å²) in [7, 11) is 0. The topological polar surface area (TPSA) is 60.9 Å². The van der Waals surface area contributed by atoms with E-state index in [0.29, 0.717) is 27.5 Å². The summed E-state index contributed by atoms with van der Waals surface area (Å²) >= 11 is 5.97. The number of halogens is 1.